The Bertz CT molecular complexity index is 529. The lowest BCUT2D eigenvalue weighted by Gasteiger charge is -2.30. The van der Waals surface area contributed by atoms with Gasteiger partial charge in [-0.1, -0.05) is 44.0 Å². The molecular formula is C20H33N3S. The fraction of sp³-hybridized carbons (Fsp3) is 0.650. The number of nitrogens with one attached hydrogen (secondary N) is 2. The van der Waals surface area contributed by atoms with E-state index in [0.29, 0.717) is 18.0 Å². The summed E-state index contributed by atoms with van der Waals surface area (Å²) in [4.78, 5) is 2.36. The van der Waals surface area contributed by atoms with Crippen molar-refractivity contribution in [2.45, 2.75) is 71.6 Å². The van der Waals surface area contributed by atoms with Crippen LogP contribution in [0.15, 0.2) is 24.3 Å². The first-order chi connectivity index (χ1) is 11.5. The van der Waals surface area contributed by atoms with E-state index >= 15 is 0 Å². The van der Waals surface area contributed by atoms with Crippen LogP contribution in [-0.2, 0) is 13.1 Å². The lowest BCUT2D eigenvalue weighted by atomic mass is 9.86. The van der Waals surface area contributed by atoms with Crippen molar-refractivity contribution < 1.29 is 0 Å². The standard InChI is InChI=1S/C20H33N3S/c1-15(2)23(4)14-18-11-7-6-10-17(18)13-21-20(24)22-19-12-8-5-9-16(19)3/h6-7,10-11,15-16,19H,5,8-9,12-14H2,1-4H3,(H2,21,22,24). The van der Waals surface area contributed by atoms with E-state index in [-0.39, 0.29) is 0 Å². The number of thiocarbonyl (C=S) groups is 1. The summed E-state index contributed by atoms with van der Waals surface area (Å²) in [5, 5.41) is 7.73. The molecule has 0 heterocycles. The molecule has 1 aliphatic carbocycles. The minimum Gasteiger partial charge on any atom is -0.360 e. The molecule has 1 aliphatic rings. The zero-order valence-electron chi connectivity index (χ0n) is 15.6. The second-order valence-corrected chi connectivity index (χ2v) is 7.88. The van der Waals surface area contributed by atoms with Gasteiger partial charge in [-0.15, -0.1) is 0 Å². The Morgan fingerprint density at radius 3 is 2.54 bits per heavy atom. The fourth-order valence-electron chi connectivity index (χ4n) is 3.26. The topological polar surface area (TPSA) is 27.3 Å². The Balaban J connectivity index is 1.88. The van der Waals surface area contributed by atoms with Gasteiger partial charge in [0.05, 0.1) is 0 Å². The van der Waals surface area contributed by atoms with Gasteiger partial charge >= 0.3 is 0 Å². The predicted octanol–water partition coefficient (Wildman–Crippen LogP) is 4.07. The maximum atomic E-state index is 5.53. The molecule has 134 valence electrons. The molecule has 0 aromatic heterocycles. The van der Waals surface area contributed by atoms with Crippen molar-refractivity contribution in [1.82, 2.24) is 15.5 Å². The van der Waals surface area contributed by atoms with Gasteiger partial charge in [0.2, 0.25) is 0 Å². The van der Waals surface area contributed by atoms with Gasteiger partial charge in [-0.05, 0) is 63.0 Å². The summed E-state index contributed by atoms with van der Waals surface area (Å²) < 4.78 is 0. The van der Waals surface area contributed by atoms with Crippen LogP contribution in [0.5, 0.6) is 0 Å². The molecule has 2 N–H and O–H groups in total. The molecule has 0 aliphatic heterocycles. The van der Waals surface area contributed by atoms with Crippen molar-refractivity contribution in [1.29, 1.82) is 0 Å². The number of benzene rings is 1. The van der Waals surface area contributed by atoms with Crippen LogP contribution in [0.3, 0.4) is 0 Å². The van der Waals surface area contributed by atoms with Crippen LogP contribution in [0.4, 0.5) is 0 Å². The van der Waals surface area contributed by atoms with E-state index in [1.807, 2.05) is 0 Å². The molecule has 2 atom stereocenters. The highest BCUT2D eigenvalue weighted by molar-refractivity contribution is 7.80. The molecular weight excluding hydrogens is 314 g/mol. The normalized spacial score (nSPS) is 21.1. The van der Waals surface area contributed by atoms with E-state index in [4.69, 9.17) is 12.2 Å². The second kappa shape index (κ2) is 9.38. The number of nitrogens with zero attached hydrogens (tertiary/aromatic N) is 1. The quantitative estimate of drug-likeness (QED) is 0.759. The van der Waals surface area contributed by atoms with Crippen molar-refractivity contribution in [2.24, 2.45) is 5.92 Å². The molecule has 0 saturated heterocycles. The molecule has 0 bridgehead atoms. The van der Waals surface area contributed by atoms with Crippen molar-refractivity contribution in [2.75, 3.05) is 7.05 Å². The molecule has 24 heavy (non-hydrogen) atoms. The summed E-state index contributed by atoms with van der Waals surface area (Å²) >= 11 is 5.53. The molecule has 0 radical (unpaired) electrons. The highest BCUT2D eigenvalue weighted by Gasteiger charge is 2.21. The summed E-state index contributed by atoms with van der Waals surface area (Å²) in [6.45, 7) is 8.54. The molecule has 4 heteroatoms. The molecule has 1 aromatic carbocycles. The minimum absolute atomic E-state index is 0.529. The number of rotatable bonds is 6. The molecule has 3 nitrogen and oxygen atoms in total. The third-order valence-corrected chi connectivity index (χ3v) is 5.55. The van der Waals surface area contributed by atoms with E-state index in [2.05, 4.69) is 67.6 Å². The van der Waals surface area contributed by atoms with Gasteiger partial charge in [0.1, 0.15) is 0 Å². The SMILES string of the molecule is CC1CCCCC1NC(=S)NCc1ccccc1CN(C)C(C)C. The van der Waals surface area contributed by atoms with E-state index in [9.17, 15) is 0 Å². The lowest BCUT2D eigenvalue weighted by molar-refractivity contribution is 0.265. The highest BCUT2D eigenvalue weighted by Crippen LogP contribution is 2.23. The average Bonchev–Trinajstić information content (AvgIpc) is 2.56. The summed E-state index contributed by atoms with van der Waals surface area (Å²) in [5.41, 5.74) is 2.70. The van der Waals surface area contributed by atoms with Gasteiger partial charge in [-0.2, -0.15) is 0 Å². The van der Waals surface area contributed by atoms with Crippen LogP contribution in [-0.4, -0.2) is 29.1 Å². The minimum atomic E-state index is 0.529. The van der Waals surface area contributed by atoms with Gasteiger partial charge < -0.3 is 10.6 Å². The first-order valence-corrected chi connectivity index (χ1v) is 9.69. The van der Waals surface area contributed by atoms with Crippen LogP contribution in [0, 0.1) is 5.92 Å². The smallest absolute Gasteiger partial charge is 0.166 e. The molecule has 0 spiro atoms. The second-order valence-electron chi connectivity index (χ2n) is 7.47. The Morgan fingerprint density at radius 1 is 1.21 bits per heavy atom. The van der Waals surface area contributed by atoms with Crippen LogP contribution >= 0.6 is 12.2 Å². The average molecular weight is 348 g/mol. The third-order valence-electron chi connectivity index (χ3n) is 5.29. The Hall–Kier alpha value is -1.13. The Labute approximate surface area is 153 Å². The van der Waals surface area contributed by atoms with Crippen LogP contribution in [0.25, 0.3) is 0 Å². The number of hydrogen-bond acceptors (Lipinski definition) is 2. The molecule has 0 amide bonds. The first-order valence-electron chi connectivity index (χ1n) is 9.28. The number of hydrogen-bond donors (Lipinski definition) is 2. The monoisotopic (exact) mass is 347 g/mol. The van der Waals surface area contributed by atoms with Gasteiger partial charge in [-0.25, -0.2) is 0 Å². The fourth-order valence-corrected chi connectivity index (χ4v) is 3.48. The van der Waals surface area contributed by atoms with E-state index in [1.165, 1.54) is 36.8 Å². The van der Waals surface area contributed by atoms with Crippen molar-refractivity contribution in [3.05, 3.63) is 35.4 Å². The predicted molar refractivity (Wildman–Crippen MR) is 107 cm³/mol. The summed E-state index contributed by atoms with van der Waals surface area (Å²) in [6, 6.07) is 9.71. The largest absolute Gasteiger partial charge is 0.360 e. The van der Waals surface area contributed by atoms with Gasteiger partial charge in [0, 0.05) is 25.2 Å². The van der Waals surface area contributed by atoms with E-state index in [1.54, 1.807) is 0 Å². The molecule has 1 aromatic rings. The lowest BCUT2D eigenvalue weighted by Crippen LogP contribution is -2.45. The van der Waals surface area contributed by atoms with Crippen molar-refractivity contribution in [3.63, 3.8) is 0 Å². The summed E-state index contributed by atoms with van der Waals surface area (Å²) in [7, 11) is 2.17. The zero-order chi connectivity index (χ0) is 17.5. The Kier molecular flexibility index (Phi) is 7.50. The van der Waals surface area contributed by atoms with Crippen molar-refractivity contribution in [3.8, 4) is 0 Å². The third kappa shape index (κ3) is 5.75. The first kappa shape index (κ1) is 19.2. The Morgan fingerprint density at radius 2 is 1.88 bits per heavy atom. The van der Waals surface area contributed by atoms with E-state index in [0.717, 1.165) is 18.2 Å². The summed E-state index contributed by atoms with van der Waals surface area (Å²) in [5.74, 6) is 0.713. The molecule has 1 saturated carbocycles. The summed E-state index contributed by atoms with van der Waals surface area (Å²) in [6.07, 6.45) is 5.22. The highest BCUT2D eigenvalue weighted by atomic mass is 32.1. The van der Waals surface area contributed by atoms with Crippen LogP contribution in [0.1, 0.15) is 57.6 Å². The van der Waals surface area contributed by atoms with E-state index < -0.39 is 0 Å². The maximum absolute atomic E-state index is 5.53. The maximum Gasteiger partial charge on any atom is 0.166 e. The van der Waals surface area contributed by atoms with Crippen LogP contribution < -0.4 is 10.6 Å². The molecule has 2 rings (SSSR count). The van der Waals surface area contributed by atoms with Gasteiger partial charge in [0.15, 0.2) is 5.11 Å². The molecule has 1 fully saturated rings. The zero-order valence-corrected chi connectivity index (χ0v) is 16.5. The van der Waals surface area contributed by atoms with Gasteiger partial charge in [-0.3, -0.25) is 4.90 Å². The van der Waals surface area contributed by atoms with Crippen molar-refractivity contribution >= 4 is 17.3 Å². The van der Waals surface area contributed by atoms with Gasteiger partial charge in [0.25, 0.3) is 0 Å². The molecule has 2 unspecified atom stereocenters. The van der Waals surface area contributed by atoms with Crippen LogP contribution in [0.2, 0.25) is 0 Å².